The highest BCUT2D eigenvalue weighted by molar-refractivity contribution is 7.80. The zero-order valence-electron chi connectivity index (χ0n) is 16.4. The lowest BCUT2D eigenvalue weighted by Crippen LogP contribution is -2.33. The Morgan fingerprint density at radius 1 is 1.07 bits per heavy atom. The van der Waals surface area contributed by atoms with Crippen LogP contribution in [0.5, 0.6) is 0 Å². The molecule has 2 aromatic carbocycles. The Morgan fingerprint density at radius 3 is 2.62 bits per heavy atom. The molecule has 0 radical (unpaired) electrons. The Labute approximate surface area is 180 Å². The van der Waals surface area contributed by atoms with Gasteiger partial charge in [-0.05, 0) is 80.0 Å². The summed E-state index contributed by atoms with van der Waals surface area (Å²) in [4.78, 5) is 12.1. The molecular weight excluding hydrogens is 404 g/mol. The normalized spacial score (nSPS) is 10.9. The van der Waals surface area contributed by atoms with Gasteiger partial charge in [0, 0.05) is 22.3 Å². The average molecular weight is 425 g/mol. The summed E-state index contributed by atoms with van der Waals surface area (Å²) in [6.45, 7) is 5.96. The van der Waals surface area contributed by atoms with Crippen LogP contribution in [0.3, 0.4) is 0 Å². The third kappa shape index (κ3) is 5.34. The van der Waals surface area contributed by atoms with E-state index in [0.717, 1.165) is 27.9 Å². The first-order chi connectivity index (χ1) is 13.8. The first kappa shape index (κ1) is 20.8. The lowest BCUT2D eigenvalue weighted by atomic mass is 10.1. The van der Waals surface area contributed by atoms with Gasteiger partial charge in [-0.1, -0.05) is 35.9 Å². The molecule has 0 unspecified atom stereocenters. The van der Waals surface area contributed by atoms with E-state index >= 15 is 0 Å². The standard InChI is InChI=1S/C23H21ClN2O2S/c1-14-5-4-6-20(16(14)3)25-23(29)26-22(27)12-10-18-9-11-21(28-18)17-8-7-15(2)19(24)13-17/h4-13H,1-3H3,(H2,25,26,27,29)/b12-10+. The van der Waals surface area contributed by atoms with E-state index in [1.807, 2.05) is 63.2 Å². The molecule has 4 nitrogen and oxygen atoms in total. The third-order valence-electron chi connectivity index (χ3n) is 4.57. The van der Waals surface area contributed by atoms with Crippen LogP contribution in [0, 0.1) is 20.8 Å². The maximum absolute atomic E-state index is 12.1. The molecule has 0 aliphatic rings. The van der Waals surface area contributed by atoms with Crippen molar-refractivity contribution in [3.63, 3.8) is 0 Å². The van der Waals surface area contributed by atoms with E-state index in [9.17, 15) is 4.79 Å². The predicted octanol–water partition coefficient (Wildman–Crippen LogP) is 6.05. The van der Waals surface area contributed by atoms with E-state index in [2.05, 4.69) is 10.6 Å². The number of anilines is 1. The summed E-state index contributed by atoms with van der Waals surface area (Å²) >= 11 is 11.4. The van der Waals surface area contributed by atoms with Gasteiger partial charge in [0.15, 0.2) is 5.11 Å². The summed E-state index contributed by atoms with van der Waals surface area (Å²) in [6, 6.07) is 15.2. The van der Waals surface area contributed by atoms with Crippen molar-refractivity contribution in [2.45, 2.75) is 20.8 Å². The number of halogens is 1. The fraction of sp³-hybridized carbons (Fsp3) is 0.130. The van der Waals surface area contributed by atoms with Gasteiger partial charge in [0.2, 0.25) is 5.91 Å². The molecule has 0 saturated carbocycles. The van der Waals surface area contributed by atoms with Gasteiger partial charge in [0.1, 0.15) is 11.5 Å². The van der Waals surface area contributed by atoms with Crippen LogP contribution in [0.4, 0.5) is 5.69 Å². The third-order valence-corrected chi connectivity index (χ3v) is 5.18. The van der Waals surface area contributed by atoms with Gasteiger partial charge in [-0.2, -0.15) is 0 Å². The molecule has 6 heteroatoms. The SMILES string of the molecule is Cc1ccc(-c2ccc(/C=C/C(=O)NC(=S)Nc3cccc(C)c3C)o2)cc1Cl. The second-order valence-corrected chi connectivity index (χ2v) is 7.51. The molecule has 1 amide bonds. The molecule has 148 valence electrons. The molecule has 0 atom stereocenters. The molecule has 0 aliphatic heterocycles. The fourth-order valence-corrected chi connectivity index (χ4v) is 3.09. The second kappa shape index (κ2) is 9.07. The minimum absolute atomic E-state index is 0.239. The predicted molar refractivity (Wildman–Crippen MR) is 123 cm³/mol. The van der Waals surface area contributed by atoms with Gasteiger partial charge in [0.05, 0.1) is 0 Å². The molecule has 1 aromatic heterocycles. The van der Waals surface area contributed by atoms with Crippen molar-refractivity contribution in [3.8, 4) is 11.3 Å². The molecule has 29 heavy (non-hydrogen) atoms. The zero-order valence-corrected chi connectivity index (χ0v) is 17.9. The second-order valence-electron chi connectivity index (χ2n) is 6.69. The quantitative estimate of drug-likeness (QED) is 0.395. The van der Waals surface area contributed by atoms with Crippen molar-refractivity contribution in [3.05, 3.63) is 82.1 Å². The van der Waals surface area contributed by atoms with Crippen LogP contribution in [-0.4, -0.2) is 11.0 Å². The van der Waals surface area contributed by atoms with Crippen molar-refractivity contribution in [2.75, 3.05) is 5.32 Å². The minimum Gasteiger partial charge on any atom is -0.457 e. The number of carbonyl (C=O) groups excluding carboxylic acids is 1. The number of aryl methyl sites for hydroxylation is 2. The monoisotopic (exact) mass is 424 g/mol. The lowest BCUT2D eigenvalue weighted by molar-refractivity contribution is -0.115. The Hall–Kier alpha value is -2.89. The summed E-state index contributed by atoms with van der Waals surface area (Å²) in [5, 5.41) is 6.60. The molecule has 3 aromatic rings. The number of carbonyl (C=O) groups is 1. The molecule has 2 N–H and O–H groups in total. The summed E-state index contributed by atoms with van der Waals surface area (Å²) < 4.78 is 5.77. The maximum atomic E-state index is 12.1. The number of rotatable bonds is 4. The van der Waals surface area contributed by atoms with E-state index in [0.29, 0.717) is 16.5 Å². The van der Waals surface area contributed by atoms with Crippen LogP contribution in [-0.2, 0) is 4.79 Å². The molecule has 0 bridgehead atoms. The van der Waals surface area contributed by atoms with Gasteiger partial charge in [0.25, 0.3) is 0 Å². The topological polar surface area (TPSA) is 54.3 Å². The van der Waals surface area contributed by atoms with Crippen LogP contribution >= 0.6 is 23.8 Å². The van der Waals surface area contributed by atoms with Crippen LogP contribution in [0.2, 0.25) is 5.02 Å². The van der Waals surface area contributed by atoms with Gasteiger partial charge in [-0.25, -0.2) is 0 Å². The molecule has 1 heterocycles. The van der Waals surface area contributed by atoms with Gasteiger partial charge >= 0.3 is 0 Å². The molecule has 0 spiro atoms. The fourth-order valence-electron chi connectivity index (χ4n) is 2.70. The highest BCUT2D eigenvalue weighted by Crippen LogP contribution is 2.27. The number of furan rings is 1. The molecule has 3 rings (SSSR count). The van der Waals surface area contributed by atoms with Crippen LogP contribution in [0.1, 0.15) is 22.5 Å². The first-order valence-corrected chi connectivity index (χ1v) is 9.85. The van der Waals surface area contributed by atoms with Crippen molar-refractivity contribution in [2.24, 2.45) is 0 Å². The Balaban J connectivity index is 1.60. The Bertz CT molecular complexity index is 1100. The van der Waals surface area contributed by atoms with Crippen molar-refractivity contribution < 1.29 is 9.21 Å². The van der Waals surface area contributed by atoms with E-state index in [-0.39, 0.29) is 11.0 Å². The van der Waals surface area contributed by atoms with E-state index in [1.165, 1.54) is 6.08 Å². The summed E-state index contributed by atoms with van der Waals surface area (Å²) in [5.41, 5.74) is 4.98. The first-order valence-electron chi connectivity index (χ1n) is 9.06. The van der Waals surface area contributed by atoms with E-state index in [1.54, 1.807) is 12.1 Å². The highest BCUT2D eigenvalue weighted by Gasteiger charge is 2.07. The average Bonchev–Trinajstić information content (AvgIpc) is 3.15. The van der Waals surface area contributed by atoms with Crippen LogP contribution in [0.25, 0.3) is 17.4 Å². The highest BCUT2D eigenvalue weighted by atomic mass is 35.5. The number of benzene rings is 2. The van der Waals surface area contributed by atoms with E-state index in [4.69, 9.17) is 28.2 Å². The number of hydrogen-bond acceptors (Lipinski definition) is 3. The van der Waals surface area contributed by atoms with E-state index < -0.39 is 0 Å². The number of amides is 1. The molecule has 0 aliphatic carbocycles. The lowest BCUT2D eigenvalue weighted by Gasteiger charge is -2.12. The van der Waals surface area contributed by atoms with Crippen LogP contribution < -0.4 is 10.6 Å². The van der Waals surface area contributed by atoms with Gasteiger partial charge in [-0.3, -0.25) is 10.1 Å². The van der Waals surface area contributed by atoms with Crippen LogP contribution in [0.15, 0.2) is 59.0 Å². The number of hydrogen-bond donors (Lipinski definition) is 2. The summed E-state index contributed by atoms with van der Waals surface area (Å²) in [6.07, 6.45) is 2.97. The molecule has 0 fully saturated rings. The smallest absolute Gasteiger partial charge is 0.250 e. The van der Waals surface area contributed by atoms with Crippen molar-refractivity contribution in [1.29, 1.82) is 0 Å². The largest absolute Gasteiger partial charge is 0.457 e. The zero-order chi connectivity index (χ0) is 21.0. The molecule has 0 saturated heterocycles. The maximum Gasteiger partial charge on any atom is 0.250 e. The summed E-state index contributed by atoms with van der Waals surface area (Å²) in [7, 11) is 0. The number of thiocarbonyl (C=S) groups is 1. The molecular formula is C23H21ClN2O2S. The minimum atomic E-state index is -0.343. The van der Waals surface area contributed by atoms with Gasteiger partial charge < -0.3 is 9.73 Å². The van der Waals surface area contributed by atoms with Crippen molar-refractivity contribution in [1.82, 2.24) is 5.32 Å². The number of nitrogens with one attached hydrogen (secondary N) is 2. The Morgan fingerprint density at radius 2 is 1.86 bits per heavy atom. The van der Waals surface area contributed by atoms with Gasteiger partial charge in [-0.15, -0.1) is 0 Å². The summed E-state index contributed by atoms with van der Waals surface area (Å²) in [5.74, 6) is 0.892. The van der Waals surface area contributed by atoms with Crippen molar-refractivity contribution >= 4 is 46.6 Å². The Kier molecular flexibility index (Phi) is 6.52.